The zero-order valence-electron chi connectivity index (χ0n) is 17.5. The SMILES string of the molecule is Cn1cc(S(=O)(=O)N2CCN(CN3C(=O)NC4(CCCCC4)C3=O)CC2)cc1C(N)=O. The molecule has 12 heteroatoms. The number of hydrogen-bond donors (Lipinski definition) is 2. The van der Waals surface area contributed by atoms with E-state index in [1.54, 1.807) is 7.05 Å². The number of urea groups is 1. The molecule has 0 aromatic carbocycles. The van der Waals surface area contributed by atoms with Gasteiger partial charge in [-0.05, 0) is 18.9 Å². The van der Waals surface area contributed by atoms with Crippen molar-refractivity contribution in [3.63, 3.8) is 0 Å². The molecule has 2 saturated heterocycles. The molecular formula is C19H28N6O5S. The van der Waals surface area contributed by atoms with Gasteiger partial charge >= 0.3 is 6.03 Å². The molecule has 1 aromatic rings. The summed E-state index contributed by atoms with van der Waals surface area (Å²) in [5, 5.41) is 2.89. The molecular weight excluding hydrogens is 424 g/mol. The predicted molar refractivity (Wildman–Crippen MR) is 110 cm³/mol. The minimum Gasteiger partial charge on any atom is -0.364 e. The average molecular weight is 453 g/mol. The van der Waals surface area contributed by atoms with Gasteiger partial charge in [0.2, 0.25) is 10.0 Å². The lowest BCUT2D eigenvalue weighted by atomic mass is 9.82. The van der Waals surface area contributed by atoms with E-state index in [-0.39, 0.29) is 42.3 Å². The van der Waals surface area contributed by atoms with Crippen LogP contribution in [-0.4, -0.2) is 83.3 Å². The molecule has 4 amide bonds. The number of nitrogens with one attached hydrogen (secondary N) is 1. The molecule has 4 rings (SSSR count). The lowest BCUT2D eigenvalue weighted by molar-refractivity contribution is -0.134. The summed E-state index contributed by atoms with van der Waals surface area (Å²) in [6.45, 7) is 1.37. The van der Waals surface area contributed by atoms with Crippen LogP contribution < -0.4 is 11.1 Å². The zero-order valence-corrected chi connectivity index (χ0v) is 18.4. The van der Waals surface area contributed by atoms with Crippen LogP contribution in [0.2, 0.25) is 0 Å². The summed E-state index contributed by atoms with van der Waals surface area (Å²) < 4.78 is 28.6. The number of hydrogen-bond acceptors (Lipinski definition) is 6. The van der Waals surface area contributed by atoms with E-state index >= 15 is 0 Å². The second kappa shape index (κ2) is 7.92. The number of carbonyl (C=O) groups is 3. The number of piperazine rings is 1. The lowest BCUT2D eigenvalue weighted by Crippen LogP contribution is -2.53. The van der Waals surface area contributed by atoms with Crippen molar-refractivity contribution in [1.82, 2.24) is 24.0 Å². The van der Waals surface area contributed by atoms with Crippen molar-refractivity contribution in [2.45, 2.75) is 42.5 Å². The summed E-state index contributed by atoms with van der Waals surface area (Å²) in [5.41, 5.74) is 4.64. The molecule has 0 unspecified atom stereocenters. The monoisotopic (exact) mass is 452 g/mol. The van der Waals surface area contributed by atoms with Crippen molar-refractivity contribution in [3.05, 3.63) is 18.0 Å². The number of aromatic nitrogens is 1. The topological polar surface area (TPSA) is 138 Å². The van der Waals surface area contributed by atoms with Gasteiger partial charge in [0, 0.05) is 39.4 Å². The third-order valence-electron chi connectivity index (χ3n) is 6.50. The highest BCUT2D eigenvalue weighted by Crippen LogP contribution is 2.33. The maximum absolute atomic E-state index is 12.9. The van der Waals surface area contributed by atoms with Crippen LogP contribution in [0.5, 0.6) is 0 Å². The highest BCUT2D eigenvalue weighted by atomic mass is 32.2. The standard InChI is InChI=1S/C19H28N6O5S/c1-22-12-14(11-15(22)16(20)26)31(29,30)24-9-7-23(8-10-24)13-25-17(27)19(21-18(25)28)5-3-2-4-6-19/h11-12H,2-10,13H2,1H3,(H2,20,26)(H,21,28). The molecule has 3 heterocycles. The van der Waals surface area contributed by atoms with Gasteiger partial charge in [-0.2, -0.15) is 4.31 Å². The van der Waals surface area contributed by atoms with Crippen molar-refractivity contribution >= 4 is 27.9 Å². The van der Waals surface area contributed by atoms with Gasteiger partial charge in [-0.1, -0.05) is 19.3 Å². The Morgan fingerprint density at radius 3 is 2.35 bits per heavy atom. The number of amides is 4. The van der Waals surface area contributed by atoms with Crippen LogP contribution in [0.3, 0.4) is 0 Å². The van der Waals surface area contributed by atoms with Crippen LogP contribution in [0, 0.1) is 0 Å². The Kier molecular flexibility index (Phi) is 5.56. The number of nitrogens with zero attached hydrogens (tertiary/aromatic N) is 4. The molecule has 1 aromatic heterocycles. The first-order valence-electron chi connectivity index (χ1n) is 10.5. The Morgan fingerprint density at radius 2 is 1.77 bits per heavy atom. The molecule has 1 saturated carbocycles. The minimum absolute atomic E-state index is 0.0191. The number of carbonyl (C=O) groups excluding carboxylic acids is 3. The van der Waals surface area contributed by atoms with Gasteiger partial charge < -0.3 is 15.6 Å². The van der Waals surface area contributed by atoms with E-state index in [2.05, 4.69) is 5.32 Å². The number of primary amides is 1. The molecule has 11 nitrogen and oxygen atoms in total. The van der Waals surface area contributed by atoms with Gasteiger partial charge in [0.1, 0.15) is 16.1 Å². The fourth-order valence-corrected chi connectivity index (χ4v) is 6.17. The Morgan fingerprint density at radius 1 is 1.13 bits per heavy atom. The Balaban J connectivity index is 1.39. The third-order valence-corrected chi connectivity index (χ3v) is 8.36. The van der Waals surface area contributed by atoms with Crippen LogP contribution in [0.1, 0.15) is 42.6 Å². The highest BCUT2D eigenvalue weighted by molar-refractivity contribution is 7.89. The largest absolute Gasteiger partial charge is 0.364 e. The van der Waals surface area contributed by atoms with Crippen LogP contribution >= 0.6 is 0 Å². The summed E-state index contributed by atoms with van der Waals surface area (Å²) >= 11 is 0. The van der Waals surface area contributed by atoms with E-state index in [0.29, 0.717) is 25.9 Å². The van der Waals surface area contributed by atoms with Crippen molar-refractivity contribution < 1.29 is 22.8 Å². The number of nitrogens with two attached hydrogens (primary N) is 1. The molecule has 3 N–H and O–H groups in total. The molecule has 1 aliphatic carbocycles. The smallest absolute Gasteiger partial charge is 0.326 e. The molecule has 170 valence electrons. The third kappa shape index (κ3) is 3.83. The van der Waals surface area contributed by atoms with Gasteiger partial charge in [-0.25, -0.2) is 18.1 Å². The first-order valence-corrected chi connectivity index (χ1v) is 11.9. The lowest BCUT2D eigenvalue weighted by Gasteiger charge is -2.35. The normalized spacial score (nSPS) is 22.8. The molecule has 2 aliphatic heterocycles. The van der Waals surface area contributed by atoms with Crippen molar-refractivity contribution in [3.8, 4) is 0 Å². The maximum Gasteiger partial charge on any atom is 0.326 e. The van der Waals surface area contributed by atoms with Crippen LogP contribution in [0.4, 0.5) is 4.79 Å². The molecule has 3 fully saturated rings. The summed E-state index contributed by atoms with van der Waals surface area (Å²) in [5.74, 6) is -0.867. The van der Waals surface area contributed by atoms with E-state index in [4.69, 9.17) is 5.73 Å². The van der Waals surface area contributed by atoms with Crippen LogP contribution in [0.15, 0.2) is 17.2 Å². The quantitative estimate of drug-likeness (QED) is 0.585. The zero-order chi connectivity index (χ0) is 22.4. The second-order valence-corrected chi connectivity index (χ2v) is 10.4. The van der Waals surface area contributed by atoms with E-state index in [1.807, 2.05) is 4.90 Å². The molecule has 31 heavy (non-hydrogen) atoms. The first kappa shape index (κ1) is 21.8. The summed E-state index contributed by atoms with van der Waals surface area (Å²) in [6.07, 6.45) is 5.64. The van der Waals surface area contributed by atoms with Gasteiger partial charge in [-0.3, -0.25) is 14.5 Å². The predicted octanol–water partition coefficient (Wildman–Crippen LogP) is -0.357. The van der Waals surface area contributed by atoms with E-state index in [9.17, 15) is 22.8 Å². The molecule has 0 atom stereocenters. The molecule has 3 aliphatic rings. The minimum atomic E-state index is -3.77. The van der Waals surface area contributed by atoms with Crippen molar-refractivity contribution in [2.75, 3.05) is 32.8 Å². The number of imide groups is 1. The van der Waals surface area contributed by atoms with Crippen molar-refractivity contribution in [2.24, 2.45) is 12.8 Å². The first-order chi connectivity index (χ1) is 14.6. The number of sulfonamides is 1. The molecule has 0 radical (unpaired) electrons. The fraction of sp³-hybridized carbons (Fsp3) is 0.632. The summed E-state index contributed by atoms with van der Waals surface area (Å²) in [6, 6.07) is 0.908. The van der Waals surface area contributed by atoms with Gasteiger partial charge in [-0.15, -0.1) is 0 Å². The summed E-state index contributed by atoms with van der Waals surface area (Å²) in [7, 11) is -2.21. The van der Waals surface area contributed by atoms with Gasteiger partial charge in [0.05, 0.1) is 6.67 Å². The Labute approximate surface area is 181 Å². The van der Waals surface area contributed by atoms with Crippen LogP contribution in [0.25, 0.3) is 0 Å². The number of rotatable bonds is 5. The van der Waals surface area contributed by atoms with Gasteiger partial charge in [0.25, 0.3) is 11.8 Å². The van der Waals surface area contributed by atoms with E-state index < -0.39 is 21.5 Å². The molecule has 1 spiro atoms. The Hall–Kier alpha value is -2.44. The van der Waals surface area contributed by atoms with E-state index in [1.165, 1.54) is 26.0 Å². The second-order valence-electron chi connectivity index (χ2n) is 8.51. The highest BCUT2D eigenvalue weighted by Gasteiger charge is 2.51. The maximum atomic E-state index is 12.9. The van der Waals surface area contributed by atoms with Gasteiger partial charge in [0.15, 0.2) is 0 Å². The number of aryl methyl sites for hydroxylation is 1. The summed E-state index contributed by atoms with van der Waals surface area (Å²) in [4.78, 5) is 40.0. The molecule has 0 bridgehead atoms. The van der Waals surface area contributed by atoms with Crippen molar-refractivity contribution in [1.29, 1.82) is 0 Å². The fourth-order valence-electron chi connectivity index (χ4n) is 4.68. The van der Waals surface area contributed by atoms with Crippen LogP contribution in [-0.2, 0) is 21.9 Å². The Bertz CT molecular complexity index is 1000. The average Bonchev–Trinajstić information content (AvgIpc) is 3.23. The van der Waals surface area contributed by atoms with E-state index in [0.717, 1.165) is 19.3 Å².